The largest absolute Gasteiger partial charge is 0.478 e. The van der Waals surface area contributed by atoms with Crippen LogP contribution in [0.2, 0.25) is 0 Å². The van der Waals surface area contributed by atoms with E-state index in [1.807, 2.05) is 0 Å². The first-order valence-corrected chi connectivity index (χ1v) is 8.42. The van der Waals surface area contributed by atoms with Crippen LogP contribution in [0.4, 0.5) is 26.3 Å². The van der Waals surface area contributed by atoms with Crippen LogP contribution in [0.25, 0.3) is 11.1 Å². The van der Waals surface area contributed by atoms with Crippen molar-refractivity contribution in [3.8, 4) is 11.1 Å². The van der Waals surface area contributed by atoms with Crippen molar-refractivity contribution in [2.24, 2.45) is 0 Å². The monoisotopic (exact) mass is 478 g/mol. The van der Waals surface area contributed by atoms with Crippen molar-refractivity contribution < 1.29 is 65.9 Å². The molecule has 0 radical (unpaired) electrons. The third-order valence-corrected chi connectivity index (χ3v) is 5.21. The molecule has 0 aromatic heterocycles. The number of alkyl halides is 6. The van der Waals surface area contributed by atoms with Crippen LogP contribution >= 0.6 is 0 Å². The van der Waals surface area contributed by atoms with Crippen molar-refractivity contribution in [1.82, 2.24) is 0 Å². The van der Waals surface area contributed by atoms with E-state index in [1.165, 1.54) is 0 Å². The Bertz CT molecular complexity index is 1160. The molecule has 0 amide bonds. The maximum Gasteiger partial charge on any atom is 0.411 e. The van der Waals surface area contributed by atoms with E-state index in [9.17, 15) is 65.9 Å². The Morgan fingerprint density at radius 2 is 0.818 bits per heavy atom. The van der Waals surface area contributed by atoms with Gasteiger partial charge in [0.05, 0.1) is 22.3 Å². The van der Waals surface area contributed by atoms with Gasteiger partial charge in [0.1, 0.15) is 0 Å². The molecule has 6 rings (SSSR count). The maximum absolute atomic E-state index is 14.4. The molecule has 4 aliphatic carbocycles. The number of halogens is 6. The van der Waals surface area contributed by atoms with Crippen molar-refractivity contribution in [2.45, 2.75) is 17.8 Å². The molecule has 174 valence electrons. The van der Waals surface area contributed by atoms with Gasteiger partial charge < -0.3 is 20.4 Å². The molecule has 14 heteroatoms. The second-order valence-corrected chi connectivity index (χ2v) is 6.79. The van der Waals surface area contributed by atoms with E-state index in [0.29, 0.717) is 12.1 Å². The van der Waals surface area contributed by atoms with Crippen LogP contribution in [0.15, 0.2) is 24.3 Å². The zero-order valence-electron chi connectivity index (χ0n) is 15.5. The highest BCUT2D eigenvalue weighted by molar-refractivity contribution is 6.13. The molecule has 0 unspecified atom stereocenters. The Morgan fingerprint density at radius 1 is 0.545 bits per heavy atom. The lowest BCUT2D eigenvalue weighted by atomic mass is 9.69. The summed E-state index contributed by atoms with van der Waals surface area (Å²) in [7, 11) is 0. The average molecular weight is 478 g/mol. The molecule has 2 aromatic rings. The van der Waals surface area contributed by atoms with E-state index in [4.69, 9.17) is 0 Å². The summed E-state index contributed by atoms with van der Waals surface area (Å²) in [6.07, 6.45) is -13.0. The fourth-order valence-corrected chi connectivity index (χ4v) is 4.08. The Balaban J connectivity index is 2.91. The van der Waals surface area contributed by atoms with Crippen LogP contribution in [-0.2, 0) is 5.41 Å². The molecule has 4 aliphatic rings. The fraction of sp³-hybridized carbons (Fsp3) is 0.158. The lowest BCUT2D eigenvalue weighted by molar-refractivity contribution is -0.288. The van der Waals surface area contributed by atoms with Gasteiger partial charge in [0.2, 0.25) is 5.41 Å². The van der Waals surface area contributed by atoms with Crippen LogP contribution in [0.3, 0.4) is 0 Å². The van der Waals surface area contributed by atoms with E-state index >= 15 is 0 Å². The standard InChI is InChI=1S/C19H8F6O8/c20-18(21,22)17(19(23,24)25)7-3-1-5(9(13(26)27)11(7)15(30)31)6-2-4-8(17)12(16(32)33)10(6)14(28)29/h1-4H,(H,26,27)(H,28,29)(H,30,31)(H,32,33). The zero-order valence-corrected chi connectivity index (χ0v) is 15.5. The number of carboxylic acids is 4. The lowest BCUT2D eigenvalue weighted by Gasteiger charge is -2.39. The third kappa shape index (κ3) is 2.93. The molecule has 4 N–H and O–H groups in total. The summed E-state index contributed by atoms with van der Waals surface area (Å²) in [5, 5.41) is 38.0. The summed E-state index contributed by atoms with van der Waals surface area (Å²) in [6.45, 7) is 0. The highest BCUT2D eigenvalue weighted by Gasteiger charge is 2.74. The van der Waals surface area contributed by atoms with Crippen LogP contribution in [0.1, 0.15) is 52.6 Å². The lowest BCUT2D eigenvalue weighted by Crippen LogP contribution is -2.56. The summed E-state index contributed by atoms with van der Waals surface area (Å²) in [5.41, 5.74) is -18.4. The number of aromatic carboxylic acids is 4. The summed E-state index contributed by atoms with van der Waals surface area (Å²) in [5.74, 6) is -9.53. The second kappa shape index (κ2) is 6.95. The molecule has 33 heavy (non-hydrogen) atoms. The minimum atomic E-state index is -6.50. The van der Waals surface area contributed by atoms with Crippen LogP contribution in [0.5, 0.6) is 0 Å². The number of hydrogen-bond donors (Lipinski definition) is 4. The first-order chi connectivity index (χ1) is 15.0. The van der Waals surface area contributed by atoms with Gasteiger partial charge in [-0.2, -0.15) is 26.3 Å². The van der Waals surface area contributed by atoms with Crippen molar-refractivity contribution in [2.75, 3.05) is 0 Å². The maximum atomic E-state index is 14.4. The van der Waals surface area contributed by atoms with Crippen molar-refractivity contribution in [3.05, 3.63) is 57.6 Å². The van der Waals surface area contributed by atoms with Gasteiger partial charge in [-0.15, -0.1) is 0 Å². The number of carboxylic acid groups (broad SMARTS) is 4. The predicted octanol–water partition coefficient (Wildman–Crippen LogP) is 3.87. The van der Waals surface area contributed by atoms with Gasteiger partial charge in [0, 0.05) is 0 Å². The number of hydrogen-bond acceptors (Lipinski definition) is 4. The quantitative estimate of drug-likeness (QED) is 0.484. The minimum Gasteiger partial charge on any atom is -0.478 e. The molecular formula is C19H8F6O8. The minimum absolute atomic E-state index is 0.0590. The van der Waals surface area contributed by atoms with E-state index in [1.54, 1.807) is 0 Å². The van der Waals surface area contributed by atoms with E-state index in [2.05, 4.69) is 0 Å². The van der Waals surface area contributed by atoms with Gasteiger partial charge in [-0.1, -0.05) is 24.3 Å². The van der Waals surface area contributed by atoms with Crippen molar-refractivity contribution >= 4 is 23.9 Å². The highest BCUT2D eigenvalue weighted by atomic mass is 19.4. The molecule has 0 fully saturated rings. The molecular weight excluding hydrogens is 470 g/mol. The summed E-state index contributed by atoms with van der Waals surface area (Å²) in [4.78, 5) is 47.3. The summed E-state index contributed by atoms with van der Waals surface area (Å²) >= 11 is 0. The molecule has 0 saturated heterocycles. The number of carbonyl (C=O) groups is 4. The number of benzene rings is 2. The first kappa shape index (κ1) is 23.6. The predicted molar refractivity (Wildman–Crippen MR) is 92.6 cm³/mol. The van der Waals surface area contributed by atoms with Gasteiger partial charge in [0.15, 0.2) is 0 Å². The Morgan fingerprint density at radius 3 is 1.03 bits per heavy atom. The molecule has 0 heterocycles. The summed E-state index contributed by atoms with van der Waals surface area (Å²) < 4.78 is 86.4. The second-order valence-electron chi connectivity index (χ2n) is 6.79. The van der Waals surface area contributed by atoms with Gasteiger partial charge in [0.25, 0.3) is 0 Å². The van der Waals surface area contributed by atoms with Crippen molar-refractivity contribution in [3.63, 3.8) is 0 Å². The topological polar surface area (TPSA) is 149 Å². The van der Waals surface area contributed by atoms with E-state index in [0.717, 1.165) is 0 Å². The average Bonchev–Trinajstić information content (AvgIpc) is 2.79. The molecule has 0 spiro atoms. The molecule has 2 aromatic carbocycles. The van der Waals surface area contributed by atoms with Gasteiger partial charge in [-0.3, -0.25) is 0 Å². The third-order valence-electron chi connectivity index (χ3n) is 5.21. The molecule has 0 atom stereocenters. The summed E-state index contributed by atoms with van der Waals surface area (Å²) in [6, 6.07) is 0.883. The molecule has 0 aliphatic heterocycles. The van der Waals surface area contributed by atoms with Gasteiger partial charge in [-0.25, -0.2) is 19.2 Å². The number of rotatable bonds is 4. The smallest absolute Gasteiger partial charge is 0.411 e. The molecule has 8 nitrogen and oxygen atoms in total. The normalized spacial score (nSPS) is 14.4. The van der Waals surface area contributed by atoms with E-state index < -0.39 is 86.2 Å². The Labute approximate surface area is 177 Å². The van der Waals surface area contributed by atoms with Crippen LogP contribution in [-0.4, -0.2) is 56.7 Å². The van der Waals surface area contributed by atoms with E-state index in [-0.39, 0.29) is 12.1 Å². The van der Waals surface area contributed by atoms with Crippen LogP contribution in [0, 0.1) is 0 Å². The Hall–Kier alpha value is -4.10. The highest BCUT2D eigenvalue weighted by Crippen LogP contribution is 2.59. The zero-order chi connectivity index (χ0) is 25.3. The van der Waals surface area contributed by atoms with Crippen LogP contribution < -0.4 is 0 Å². The van der Waals surface area contributed by atoms with Gasteiger partial charge >= 0.3 is 36.2 Å². The SMILES string of the molecule is O=C(O)c1c2ccc(c1C(=O)O)C(C(F)(F)F)(C(F)(F)F)c1ccc-2c(C(=O)O)c1C(=O)O. The fourth-order valence-electron chi connectivity index (χ4n) is 4.08. The van der Waals surface area contributed by atoms with Gasteiger partial charge in [-0.05, 0) is 22.3 Å². The Kier molecular flexibility index (Phi) is 4.96. The molecule has 0 saturated carbocycles. The molecule has 4 bridgehead atoms. The first-order valence-electron chi connectivity index (χ1n) is 8.42. The van der Waals surface area contributed by atoms with Crippen molar-refractivity contribution in [1.29, 1.82) is 0 Å².